The number of carboxylic acids is 1. The Hall–Kier alpha value is -1.96. The number of hydrogen-bond donors (Lipinski definition) is 2. The van der Waals surface area contributed by atoms with Gasteiger partial charge in [-0.05, 0) is 0 Å². The van der Waals surface area contributed by atoms with E-state index < -0.39 is 23.9 Å². The van der Waals surface area contributed by atoms with E-state index in [1.54, 1.807) is 0 Å². The van der Waals surface area contributed by atoms with Crippen molar-refractivity contribution >= 4 is 23.9 Å². The van der Waals surface area contributed by atoms with Crippen LogP contribution in [0.15, 0.2) is 0 Å². The highest BCUT2D eigenvalue weighted by atomic mass is 16.7. The van der Waals surface area contributed by atoms with E-state index in [2.05, 4.69) is 15.5 Å². The van der Waals surface area contributed by atoms with Crippen molar-refractivity contribution in [3.05, 3.63) is 0 Å². The second-order valence-electron chi connectivity index (χ2n) is 1.39. The second kappa shape index (κ2) is 4.03. The number of carbonyl (C=O) groups excluding carboxylic acids is 3. The maximum Gasteiger partial charge on any atom is 0.436 e. The Kier molecular flexibility index (Phi) is 3.37. The van der Waals surface area contributed by atoms with Crippen LogP contribution in [0.3, 0.4) is 0 Å². The fourth-order valence-corrected chi connectivity index (χ4v) is 0.218. The largest absolute Gasteiger partial charge is 0.473 e. The Morgan fingerprint density at radius 1 is 1.00 bits per heavy atom. The lowest BCUT2D eigenvalue weighted by Gasteiger charge is -1.95. The van der Waals surface area contributed by atoms with Gasteiger partial charge in [0.25, 0.3) is 0 Å². The molecule has 0 bridgehead atoms. The number of ether oxygens (including phenoxy) is 1. The molecule has 0 rings (SSSR count). The number of esters is 2. The van der Waals surface area contributed by atoms with Crippen molar-refractivity contribution in [3.8, 4) is 0 Å². The van der Waals surface area contributed by atoms with E-state index in [1.165, 1.54) is 0 Å². The zero-order valence-corrected chi connectivity index (χ0v) is 5.47. The van der Waals surface area contributed by atoms with E-state index in [9.17, 15) is 19.2 Å². The fraction of sp³-hybridized carbons (Fsp3) is 0. The van der Waals surface area contributed by atoms with Crippen LogP contribution in [0.1, 0.15) is 0 Å². The molecule has 8 heteroatoms. The van der Waals surface area contributed by atoms with E-state index in [1.807, 2.05) is 0 Å². The van der Waals surface area contributed by atoms with Gasteiger partial charge in [-0.2, -0.15) is 5.90 Å². The average molecular weight is 177 g/mol. The second-order valence-corrected chi connectivity index (χ2v) is 1.39. The summed E-state index contributed by atoms with van der Waals surface area (Å²) < 4.78 is 3.43. The standard InChI is InChI=1S/C4H3NO7/c5-12-4(10)3(9)11-2(8)1(6)7/h5H2,(H,6,7). The van der Waals surface area contributed by atoms with Gasteiger partial charge in [0.2, 0.25) is 0 Å². The molecule has 8 nitrogen and oxygen atoms in total. The van der Waals surface area contributed by atoms with Crippen molar-refractivity contribution in [1.82, 2.24) is 0 Å². The third kappa shape index (κ3) is 2.75. The summed E-state index contributed by atoms with van der Waals surface area (Å²) in [5.41, 5.74) is 0. The van der Waals surface area contributed by atoms with Crippen LogP contribution in [0.25, 0.3) is 0 Å². The molecule has 0 aromatic rings. The highest BCUT2D eigenvalue weighted by Crippen LogP contribution is 1.83. The van der Waals surface area contributed by atoms with E-state index >= 15 is 0 Å². The van der Waals surface area contributed by atoms with Crippen molar-refractivity contribution < 1.29 is 33.9 Å². The molecule has 0 aromatic carbocycles. The SMILES string of the molecule is NOC(=O)C(=O)OC(=O)C(=O)O. The van der Waals surface area contributed by atoms with Crippen LogP contribution >= 0.6 is 0 Å². The van der Waals surface area contributed by atoms with Gasteiger partial charge in [0.1, 0.15) is 0 Å². The van der Waals surface area contributed by atoms with Gasteiger partial charge in [-0.3, -0.25) is 0 Å². The molecule has 0 aliphatic heterocycles. The maximum atomic E-state index is 10.2. The molecule has 3 N–H and O–H groups in total. The third-order valence-corrected chi connectivity index (χ3v) is 0.634. The summed E-state index contributed by atoms with van der Waals surface area (Å²) in [6, 6.07) is 0. The topological polar surface area (TPSA) is 133 Å². The van der Waals surface area contributed by atoms with Crippen molar-refractivity contribution in [2.24, 2.45) is 5.90 Å². The number of hydrogen-bond acceptors (Lipinski definition) is 7. The van der Waals surface area contributed by atoms with Gasteiger partial charge in [-0.15, -0.1) is 0 Å². The van der Waals surface area contributed by atoms with Crippen molar-refractivity contribution in [2.75, 3.05) is 0 Å². The van der Waals surface area contributed by atoms with Crippen LogP contribution in [-0.4, -0.2) is 29.0 Å². The molecule has 0 amide bonds. The van der Waals surface area contributed by atoms with Gasteiger partial charge in [0.15, 0.2) is 0 Å². The predicted octanol–water partition coefficient (Wildman–Crippen LogP) is -2.44. The van der Waals surface area contributed by atoms with Crippen molar-refractivity contribution in [3.63, 3.8) is 0 Å². The number of carbonyl (C=O) groups is 4. The third-order valence-electron chi connectivity index (χ3n) is 0.634. The van der Waals surface area contributed by atoms with Gasteiger partial charge in [0, 0.05) is 0 Å². The number of aliphatic carboxylic acids is 1. The summed E-state index contributed by atoms with van der Waals surface area (Å²) >= 11 is 0. The monoisotopic (exact) mass is 177 g/mol. The summed E-state index contributed by atoms with van der Waals surface area (Å²) in [6.45, 7) is 0. The maximum absolute atomic E-state index is 10.2. The molecule has 0 aliphatic rings. The quantitative estimate of drug-likeness (QED) is 0.180. The molecule has 0 heterocycles. The molecule has 0 saturated heterocycles. The summed E-state index contributed by atoms with van der Waals surface area (Å²) in [5, 5.41) is 7.88. The van der Waals surface area contributed by atoms with E-state index in [0.29, 0.717) is 0 Å². The zero-order chi connectivity index (χ0) is 9.72. The molecule has 0 radical (unpaired) electrons. The summed E-state index contributed by atoms with van der Waals surface area (Å²) in [7, 11) is 0. The van der Waals surface area contributed by atoms with Crippen LogP contribution in [0.2, 0.25) is 0 Å². The smallest absolute Gasteiger partial charge is 0.436 e. The van der Waals surface area contributed by atoms with Crippen LogP contribution in [-0.2, 0) is 28.8 Å². The first-order valence-corrected chi connectivity index (χ1v) is 2.39. The van der Waals surface area contributed by atoms with Crippen molar-refractivity contribution in [2.45, 2.75) is 0 Å². The molecule has 0 fully saturated rings. The average Bonchev–Trinajstić information content (AvgIpc) is 2.02. The number of rotatable bonds is 0. The fourth-order valence-electron chi connectivity index (χ4n) is 0.218. The van der Waals surface area contributed by atoms with E-state index in [0.717, 1.165) is 0 Å². The summed E-state index contributed by atoms with van der Waals surface area (Å²) in [5.74, 6) is -3.12. The number of nitrogens with two attached hydrogens (primary N) is 1. The van der Waals surface area contributed by atoms with Gasteiger partial charge in [0.05, 0.1) is 0 Å². The molecule has 12 heavy (non-hydrogen) atoms. The Labute approximate surface area is 64.8 Å². The molecule has 0 saturated carbocycles. The molecule has 0 atom stereocenters. The lowest BCUT2D eigenvalue weighted by molar-refractivity contribution is -0.178. The van der Waals surface area contributed by atoms with E-state index in [4.69, 9.17) is 5.11 Å². The van der Waals surface area contributed by atoms with Gasteiger partial charge in [-0.1, -0.05) is 0 Å². The van der Waals surface area contributed by atoms with Crippen LogP contribution in [0.4, 0.5) is 0 Å². The highest BCUT2D eigenvalue weighted by molar-refractivity contribution is 6.38. The molecule has 0 aromatic heterocycles. The highest BCUT2D eigenvalue weighted by Gasteiger charge is 2.24. The summed E-state index contributed by atoms with van der Waals surface area (Å²) in [6.07, 6.45) is 0. The minimum absolute atomic E-state index is 1.66. The van der Waals surface area contributed by atoms with Gasteiger partial charge >= 0.3 is 23.9 Å². The first kappa shape index (κ1) is 10.0. The molecule has 66 valence electrons. The lowest BCUT2D eigenvalue weighted by atomic mass is 10.6. The molecule has 0 aliphatic carbocycles. The molecular weight excluding hydrogens is 174 g/mol. The lowest BCUT2D eigenvalue weighted by Crippen LogP contribution is -2.28. The van der Waals surface area contributed by atoms with Crippen LogP contribution in [0, 0.1) is 0 Å². The Morgan fingerprint density at radius 2 is 1.50 bits per heavy atom. The molecular formula is C4H3NO7. The Morgan fingerprint density at radius 3 is 1.83 bits per heavy atom. The number of carboxylic acid groups (broad SMARTS) is 1. The predicted molar refractivity (Wildman–Crippen MR) is 29.0 cm³/mol. The van der Waals surface area contributed by atoms with Crippen molar-refractivity contribution in [1.29, 1.82) is 0 Å². The zero-order valence-electron chi connectivity index (χ0n) is 5.47. The van der Waals surface area contributed by atoms with Crippen LogP contribution in [0.5, 0.6) is 0 Å². The van der Waals surface area contributed by atoms with Gasteiger partial charge in [-0.25, -0.2) is 19.2 Å². The first-order valence-electron chi connectivity index (χ1n) is 2.39. The minimum atomic E-state index is -2.01. The van der Waals surface area contributed by atoms with Gasteiger partial charge < -0.3 is 14.7 Å². The first-order chi connectivity index (χ1) is 5.49. The Bertz CT molecular complexity index is 244. The van der Waals surface area contributed by atoms with E-state index in [-0.39, 0.29) is 0 Å². The molecule has 0 unspecified atom stereocenters. The molecule has 0 spiro atoms. The van der Waals surface area contributed by atoms with Crippen LogP contribution < -0.4 is 5.90 Å². The Balaban J connectivity index is 4.11. The normalized spacial score (nSPS) is 8.42. The summed E-state index contributed by atoms with van der Waals surface area (Å²) in [4.78, 5) is 43.5. The minimum Gasteiger partial charge on any atom is -0.473 e.